The van der Waals surface area contributed by atoms with Crippen LogP contribution in [-0.4, -0.2) is 27.0 Å². The number of carbonyl (C=O) groups excluding carboxylic acids is 1. The largest absolute Gasteiger partial charge is 0.235 e. The number of sulfone groups is 1. The number of rotatable bonds is 4. The van der Waals surface area contributed by atoms with Gasteiger partial charge in [-0.15, -0.1) is 11.8 Å². The standard InChI is InChI=1S/C13H14ClNO3S2/c1-19-12-10(14)6-9(7-11(12)20(2,17)18)13(15-8-16)4-3-5-13/h6-7H,3-5H2,1-2H3. The molecular weight excluding hydrogens is 318 g/mol. The number of hydrogen-bond acceptors (Lipinski definition) is 5. The molecule has 0 amide bonds. The fourth-order valence-corrected chi connectivity index (χ4v) is 4.89. The van der Waals surface area contributed by atoms with Gasteiger partial charge in [0.1, 0.15) is 0 Å². The van der Waals surface area contributed by atoms with Gasteiger partial charge in [0.05, 0.1) is 15.5 Å². The lowest BCUT2D eigenvalue weighted by atomic mass is 9.72. The molecule has 0 spiro atoms. The maximum Gasteiger partial charge on any atom is 0.235 e. The second-order valence-corrected chi connectivity index (χ2v) is 8.06. The summed E-state index contributed by atoms with van der Waals surface area (Å²) in [5.74, 6) is 0. The van der Waals surface area contributed by atoms with Crippen molar-refractivity contribution in [2.75, 3.05) is 12.5 Å². The van der Waals surface area contributed by atoms with E-state index in [1.807, 2.05) is 0 Å². The van der Waals surface area contributed by atoms with E-state index in [4.69, 9.17) is 11.6 Å². The summed E-state index contributed by atoms with van der Waals surface area (Å²) < 4.78 is 23.9. The van der Waals surface area contributed by atoms with Gasteiger partial charge in [0, 0.05) is 11.2 Å². The highest BCUT2D eigenvalue weighted by atomic mass is 35.5. The molecule has 108 valence electrons. The van der Waals surface area contributed by atoms with E-state index >= 15 is 0 Å². The smallest absolute Gasteiger partial charge is 0.224 e. The van der Waals surface area contributed by atoms with Gasteiger partial charge in [-0.3, -0.25) is 0 Å². The Bertz CT molecular complexity index is 690. The quantitative estimate of drug-likeness (QED) is 0.483. The zero-order valence-electron chi connectivity index (χ0n) is 11.1. The SMILES string of the molecule is CSc1c(Cl)cc(C2(N=C=O)CCC2)cc1S(C)(=O)=O. The summed E-state index contributed by atoms with van der Waals surface area (Å²) in [6.45, 7) is 0. The average molecular weight is 332 g/mol. The zero-order chi connectivity index (χ0) is 15.0. The summed E-state index contributed by atoms with van der Waals surface area (Å²) in [6.07, 6.45) is 6.88. The van der Waals surface area contributed by atoms with Gasteiger partial charge in [-0.25, -0.2) is 13.2 Å². The second-order valence-electron chi connectivity index (χ2n) is 4.85. The number of thioether (sulfide) groups is 1. The normalized spacial score (nSPS) is 17.1. The fourth-order valence-electron chi connectivity index (χ4n) is 2.37. The van der Waals surface area contributed by atoms with Crippen molar-refractivity contribution in [2.24, 2.45) is 4.99 Å². The van der Waals surface area contributed by atoms with Crippen molar-refractivity contribution < 1.29 is 13.2 Å². The van der Waals surface area contributed by atoms with Crippen molar-refractivity contribution >= 4 is 39.3 Å². The first-order valence-corrected chi connectivity index (χ1v) is 9.50. The van der Waals surface area contributed by atoms with Gasteiger partial charge in [-0.1, -0.05) is 11.6 Å². The molecule has 1 saturated carbocycles. The molecule has 4 nitrogen and oxygen atoms in total. The summed E-state index contributed by atoms with van der Waals surface area (Å²) >= 11 is 7.49. The maximum atomic E-state index is 11.9. The van der Waals surface area contributed by atoms with Crippen LogP contribution in [0.25, 0.3) is 0 Å². The van der Waals surface area contributed by atoms with E-state index in [0.29, 0.717) is 28.3 Å². The van der Waals surface area contributed by atoms with Crippen LogP contribution in [0.4, 0.5) is 0 Å². The molecule has 0 radical (unpaired) electrons. The number of nitrogens with zero attached hydrogens (tertiary/aromatic N) is 1. The molecule has 2 rings (SSSR count). The molecule has 1 aromatic carbocycles. The third-order valence-corrected chi connectivity index (χ3v) is 6.10. The van der Waals surface area contributed by atoms with E-state index in [1.54, 1.807) is 24.5 Å². The lowest BCUT2D eigenvalue weighted by Gasteiger charge is -2.37. The van der Waals surface area contributed by atoms with Crippen LogP contribution in [-0.2, 0) is 20.2 Å². The van der Waals surface area contributed by atoms with Crippen LogP contribution < -0.4 is 0 Å². The molecule has 0 unspecified atom stereocenters. The van der Waals surface area contributed by atoms with Gasteiger partial charge in [-0.05, 0) is 43.2 Å². The van der Waals surface area contributed by atoms with Crippen LogP contribution >= 0.6 is 23.4 Å². The Kier molecular flexibility index (Phi) is 4.30. The number of benzene rings is 1. The van der Waals surface area contributed by atoms with Crippen molar-refractivity contribution in [3.8, 4) is 0 Å². The highest BCUT2D eigenvalue weighted by Crippen LogP contribution is 2.47. The number of isocyanates is 1. The molecule has 1 aliphatic carbocycles. The Balaban J connectivity index is 2.69. The molecule has 1 fully saturated rings. The molecule has 0 N–H and O–H groups in total. The van der Waals surface area contributed by atoms with Crippen molar-refractivity contribution in [3.63, 3.8) is 0 Å². The third-order valence-electron chi connectivity index (χ3n) is 3.59. The van der Waals surface area contributed by atoms with Gasteiger partial charge in [0.15, 0.2) is 9.84 Å². The first-order chi connectivity index (χ1) is 9.34. The number of halogens is 1. The van der Waals surface area contributed by atoms with Gasteiger partial charge >= 0.3 is 0 Å². The van der Waals surface area contributed by atoms with Crippen molar-refractivity contribution in [1.29, 1.82) is 0 Å². The lowest BCUT2D eigenvalue weighted by Crippen LogP contribution is -2.32. The van der Waals surface area contributed by atoms with E-state index < -0.39 is 15.4 Å². The molecule has 20 heavy (non-hydrogen) atoms. The predicted octanol–water partition coefficient (Wildman–Crippen LogP) is 3.18. The van der Waals surface area contributed by atoms with E-state index in [2.05, 4.69) is 4.99 Å². The monoisotopic (exact) mass is 331 g/mol. The fraction of sp³-hybridized carbons (Fsp3) is 0.462. The van der Waals surface area contributed by atoms with Crippen LogP contribution in [0.2, 0.25) is 5.02 Å². The second kappa shape index (κ2) is 5.53. The Hall–Kier alpha value is -0.810. The Labute approximate surface area is 127 Å². The van der Waals surface area contributed by atoms with Crippen molar-refractivity contribution in [1.82, 2.24) is 0 Å². The van der Waals surface area contributed by atoms with Gasteiger partial charge in [0.25, 0.3) is 0 Å². The molecule has 0 atom stereocenters. The molecule has 0 aliphatic heterocycles. The first kappa shape index (κ1) is 15.6. The highest BCUT2D eigenvalue weighted by Gasteiger charge is 2.40. The summed E-state index contributed by atoms with van der Waals surface area (Å²) in [6, 6.07) is 3.30. The molecule has 0 saturated heterocycles. The minimum Gasteiger partial charge on any atom is -0.224 e. The molecule has 0 aromatic heterocycles. The van der Waals surface area contributed by atoms with Gasteiger partial charge in [0.2, 0.25) is 6.08 Å². The van der Waals surface area contributed by atoms with Crippen LogP contribution in [0, 0.1) is 0 Å². The summed E-state index contributed by atoms with van der Waals surface area (Å²) in [5.41, 5.74) is 0.0252. The van der Waals surface area contributed by atoms with E-state index in [1.165, 1.54) is 11.8 Å². The first-order valence-electron chi connectivity index (χ1n) is 6.01. The lowest BCUT2D eigenvalue weighted by molar-refractivity contribution is 0.255. The Morgan fingerprint density at radius 1 is 1.40 bits per heavy atom. The zero-order valence-corrected chi connectivity index (χ0v) is 13.5. The topological polar surface area (TPSA) is 63.6 Å². The van der Waals surface area contributed by atoms with Crippen LogP contribution in [0.5, 0.6) is 0 Å². The van der Waals surface area contributed by atoms with Crippen LogP contribution in [0.3, 0.4) is 0 Å². The summed E-state index contributed by atoms with van der Waals surface area (Å²) in [4.78, 5) is 15.2. The van der Waals surface area contributed by atoms with E-state index in [-0.39, 0.29) is 4.90 Å². The van der Waals surface area contributed by atoms with Gasteiger partial charge < -0.3 is 0 Å². The van der Waals surface area contributed by atoms with E-state index in [9.17, 15) is 13.2 Å². The van der Waals surface area contributed by atoms with E-state index in [0.717, 1.165) is 12.7 Å². The van der Waals surface area contributed by atoms with Crippen LogP contribution in [0.1, 0.15) is 24.8 Å². The third kappa shape index (κ3) is 2.66. The molecule has 0 bridgehead atoms. The van der Waals surface area contributed by atoms with Crippen molar-refractivity contribution in [3.05, 3.63) is 22.7 Å². The maximum absolute atomic E-state index is 11.9. The highest BCUT2D eigenvalue weighted by molar-refractivity contribution is 7.99. The molecule has 1 aromatic rings. The predicted molar refractivity (Wildman–Crippen MR) is 80.0 cm³/mol. The molecular formula is C13H14ClNO3S2. The molecule has 1 aliphatic rings. The average Bonchev–Trinajstić information content (AvgIpc) is 2.31. The Morgan fingerprint density at radius 3 is 2.45 bits per heavy atom. The minimum absolute atomic E-state index is 0.194. The number of hydrogen-bond donors (Lipinski definition) is 0. The summed E-state index contributed by atoms with van der Waals surface area (Å²) in [7, 11) is -3.40. The van der Waals surface area contributed by atoms with Crippen molar-refractivity contribution in [2.45, 2.75) is 34.6 Å². The Morgan fingerprint density at radius 2 is 2.05 bits per heavy atom. The summed E-state index contributed by atoms with van der Waals surface area (Å²) in [5, 5.41) is 0.378. The molecule has 0 heterocycles. The van der Waals surface area contributed by atoms with Gasteiger partial charge in [-0.2, -0.15) is 4.99 Å². The molecule has 7 heteroatoms. The minimum atomic E-state index is -3.40. The number of aliphatic imine (C=N–C) groups is 1. The van der Waals surface area contributed by atoms with Crippen LogP contribution in [0.15, 0.2) is 26.9 Å².